The third kappa shape index (κ3) is 5.36. The molecular weight excluding hydrogens is 528 g/mol. The average Bonchev–Trinajstić information content (AvgIpc) is 3.56. The Labute approximate surface area is 235 Å². The largest absolute Gasteiger partial charge is 0.456 e. The quantitative estimate of drug-likeness (QED) is 0.185. The average molecular weight is 557 g/mol. The van der Waals surface area contributed by atoms with E-state index in [0.717, 1.165) is 12.8 Å². The Morgan fingerprint density at radius 1 is 1.18 bits per heavy atom. The number of allylic oxidation sites excluding steroid dienone is 4. The molecule has 0 saturated heterocycles. The van der Waals surface area contributed by atoms with Crippen molar-refractivity contribution in [2.75, 3.05) is 10.2 Å². The highest BCUT2D eigenvalue weighted by atomic mass is 32.1. The highest BCUT2D eigenvalue weighted by molar-refractivity contribution is 7.21. The van der Waals surface area contributed by atoms with Crippen LogP contribution >= 0.6 is 11.3 Å². The summed E-state index contributed by atoms with van der Waals surface area (Å²) < 4.78 is 5.83. The second-order valence-corrected chi connectivity index (χ2v) is 10.2. The van der Waals surface area contributed by atoms with Gasteiger partial charge in [0.2, 0.25) is 5.91 Å². The molecule has 204 valence electrons. The van der Waals surface area contributed by atoms with Crippen LogP contribution in [0.1, 0.15) is 35.9 Å². The lowest BCUT2D eigenvalue weighted by atomic mass is 10.1. The molecule has 3 aromatic rings. The Morgan fingerprint density at radius 2 is 1.98 bits per heavy atom. The van der Waals surface area contributed by atoms with E-state index in [1.807, 2.05) is 13.0 Å². The zero-order valence-corrected chi connectivity index (χ0v) is 22.7. The van der Waals surface area contributed by atoms with Gasteiger partial charge >= 0.3 is 6.03 Å². The highest BCUT2D eigenvalue weighted by Crippen LogP contribution is 2.45. The molecule has 2 atom stereocenters. The molecular formula is C29H28N6O4S. The van der Waals surface area contributed by atoms with Gasteiger partial charge < -0.3 is 20.7 Å². The summed E-state index contributed by atoms with van der Waals surface area (Å²) in [6, 6.07) is 4.60. The van der Waals surface area contributed by atoms with Crippen LogP contribution in [0.3, 0.4) is 0 Å². The van der Waals surface area contributed by atoms with E-state index in [2.05, 4.69) is 39.1 Å². The maximum atomic E-state index is 13.3. The number of ether oxygens (including phenoxy) is 1. The maximum Gasteiger partial charge on any atom is 0.332 e. The normalized spacial score (nSPS) is 18.5. The first-order valence-corrected chi connectivity index (χ1v) is 13.6. The van der Waals surface area contributed by atoms with Crippen LogP contribution in [0.5, 0.6) is 5.75 Å². The molecule has 40 heavy (non-hydrogen) atoms. The fourth-order valence-corrected chi connectivity index (χ4v) is 5.80. The lowest BCUT2D eigenvalue weighted by molar-refractivity contribution is -0.117. The second-order valence-electron chi connectivity index (χ2n) is 9.22. The van der Waals surface area contributed by atoms with Gasteiger partial charge in [0.25, 0.3) is 5.91 Å². The van der Waals surface area contributed by atoms with Gasteiger partial charge in [-0.3, -0.25) is 9.59 Å². The molecule has 3 N–H and O–H groups in total. The number of nitrogens with zero attached hydrogens (tertiary/aromatic N) is 3. The summed E-state index contributed by atoms with van der Waals surface area (Å²) in [5.41, 5.74) is 1.01. The monoisotopic (exact) mass is 556 g/mol. The van der Waals surface area contributed by atoms with Gasteiger partial charge in [-0.05, 0) is 62.6 Å². The van der Waals surface area contributed by atoms with E-state index < -0.39 is 6.03 Å². The van der Waals surface area contributed by atoms with Crippen LogP contribution in [0.25, 0.3) is 10.2 Å². The minimum absolute atomic E-state index is 0.0180. The molecule has 1 fully saturated rings. The Balaban J connectivity index is 1.37. The SMILES string of the molecule is C=C/C=C\C(=C/C)Oc1ccc(N2C(=O)Nc3c(C(=O)N[C@@H]4CC[C@H](NC(=O)C=C)C4)sc4nccc2c34)nc1. The van der Waals surface area contributed by atoms with Crippen LogP contribution in [0, 0.1) is 0 Å². The maximum absolute atomic E-state index is 13.3. The van der Waals surface area contributed by atoms with Gasteiger partial charge in [-0.15, -0.1) is 11.3 Å². The standard InChI is InChI=1S/C29H28N6O4S/c1-4-7-8-19(5-2)39-20-11-12-22(31-16-20)35-21-13-14-30-28-24(21)25(34-29(35)38)26(40-28)27(37)33-18-10-9-17(15-18)32-23(36)6-3/h4-8,11-14,16-18H,1,3,9-10,15H2,2H3,(H,32,36)(H,33,37)(H,34,38)/b8-7-,19-5+/t17-,18+/m0/s1. The van der Waals surface area contributed by atoms with E-state index in [-0.39, 0.29) is 23.9 Å². The number of anilines is 3. The van der Waals surface area contributed by atoms with E-state index in [1.54, 1.807) is 48.8 Å². The molecule has 2 aliphatic rings. The van der Waals surface area contributed by atoms with Crippen LogP contribution in [-0.4, -0.2) is 39.9 Å². The fraction of sp³-hybridized carbons (Fsp3) is 0.207. The molecule has 1 aliphatic heterocycles. The number of pyridine rings is 2. The molecule has 10 nitrogen and oxygen atoms in total. The number of thiophene rings is 1. The third-order valence-electron chi connectivity index (χ3n) is 6.62. The van der Waals surface area contributed by atoms with E-state index >= 15 is 0 Å². The van der Waals surface area contributed by atoms with Crippen LogP contribution in [0.15, 0.2) is 79.9 Å². The molecule has 5 rings (SSSR count). The van der Waals surface area contributed by atoms with E-state index in [4.69, 9.17) is 4.74 Å². The Morgan fingerprint density at radius 3 is 2.67 bits per heavy atom. The second kappa shape index (κ2) is 11.5. The van der Waals surface area contributed by atoms with Gasteiger partial charge in [-0.1, -0.05) is 25.3 Å². The lowest BCUT2D eigenvalue weighted by Crippen LogP contribution is -2.37. The van der Waals surface area contributed by atoms with E-state index in [9.17, 15) is 14.4 Å². The van der Waals surface area contributed by atoms with Crippen molar-refractivity contribution in [3.63, 3.8) is 0 Å². The topological polar surface area (TPSA) is 126 Å². The predicted octanol–water partition coefficient (Wildman–Crippen LogP) is 5.35. The van der Waals surface area contributed by atoms with Gasteiger partial charge in [-0.25, -0.2) is 19.7 Å². The van der Waals surface area contributed by atoms with Crippen molar-refractivity contribution in [2.24, 2.45) is 0 Å². The first-order valence-electron chi connectivity index (χ1n) is 12.8. The number of carbonyl (C=O) groups excluding carboxylic acids is 3. The smallest absolute Gasteiger partial charge is 0.332 e. The fourth-order valence-electron chi connectivity index (χ4n) is 4.78. The first kappa shape index (κ1) is 26.8. The predicted molar refractivity (Wildman–Crippen MR) is 156 cm³/mol. The molecule has 1 aliphatic carbocycles. The molecule has 0 aromatic carbocycles. The number of rotatable bonds is 9. The molecule has 4 heterocycles. The minimum atomic E-state index is -0.440. The van der Waals surface area contributed by atoms with Crippen LogP contribution < -0.4 is 25.6 Å². The summed E-state index contributed by atoms with van der Waals surface area (Å²) in [5, 5.41) is 9.49. The van der Waals surface area contributed by atoms with Gasteiger partial charge in [0.1, 0.15) is 27.0 Å². The summed E-state index contributed by atoms with van der Waals surface area (Å²) in [4.78, 5) is 49.6. The number of carbonyl (C=O) groups is 3. The van der Waals surface area contributed by atoms with Gasteiger partial charge in [0, 0.05) is 18.3 Å². The molecule has 0 bridgehead atoms. The third-order valence-corrected chi connectivity index (χ3v) is 7.71. The van der Waals surface area contributed by atoms with Crippen molar-refractivity contribution in [3.8, 4) is 5.75 Å². The highest BCUT2D eigenvalue weighted by Gasteiger charge is 2.34. The summed E-state index contributed by atoms with van der Waals surface area (Å²) >= 11 is 1.22. The summed E-state index contributed by atoms with van der Waals surface area (Å²) in [7, 11) is 0. The van der Waals surface area contributed by atoms with Gasteiger partial charge in [0.05, 0.1) is 23.0 Å². The number of hydrogen-bond donors (Lipinski definition) is 3. The molecule has 11 heteroatoms. The summed E-state index contributed by atoms with van der Waals surface area (Å²) in [6.45, 7) is 9.00. The summed E-state index contributed by atoms with van der Waals surface area (Å²) in [6.07, 6.45) is 13.5. The van der Waals surface area contributed by atoms with Crippen molar-refractivity contribution in [2.45, 2.75) is 38.3 Å². The molecule has 4 amide bonds. The van der Waals surface area contributed by atoms with Crippen molar-refractivity contribution < 1.29 is 19.1 Å². The van der Waals surface area contributed by atoms with E-state index in [0.29, 0.717) is 50.2 Å². The van der Waals surface area contributed by atoms with Crippen molar-refractivity contribution in [3.05, 3.63) is 84.8 Å². The van der Waals surface area contributed by atoms with Crippen molar-refractivity contribution in [1.82, 2.24) is 20.6 Å². The zero-order valence-electron chi connectivity index (χ0n) is 21.8. The Hall–Kier alpha value is -4.77. The zero-order chi connectivity index (χ0) is 28.2. The minimum Gasteiger partial charge on any atom is -0.456 e. The molecule has 3 aromatic heterocycles. The van der Waals surface area contributed by atoms with Crippen molar-refractivity contribution >= 4 is 56.6 Å². The Kier molecular flexibility index (Phi) is 7.74. The summed E-state index contributed by atoms with van der Waals surface area (Å²) in [5.74, 6) is 1.02. The number of nitrogens with one attached hydrogen (secondary N) is 3. The molecule has 0 spiro atoms. The van der Waals surface area contributed by atoms with Gasteiger partial charge in [0.15, 0.2) is 0 Å². The van der Waals surface area contributed by atoms with Crippen LogP contribution in [0.4, 0.5) is 22.0 Å². The van der Waals surface area contributed by atoms with Gasteiger partial charge in [-0.2, -0.15) is 0 Å². The van der Waals surface area contributed by atoms with Crippen molar-refractivity contribution in [1.29, 1.82) is 0 Å². The van der Waals surface area contributed by atoms with Crippen LogP contribution in [-0.2, 0) is 4.79 Å². The van der Waals surface area contributed by atoms with Crippen LogP contribution in [0.2, 0.25) is 0 Å². The number of amides is 4. The lowest BCUT2D eigenvalue weighted by Gasteiger charge is -2.27. The van der Waals surface area contributed by atoms with E-state index in [1.165, 1.54) is 22.3 Å². The Bertz CT molecular complexity index is 1560. The number of urea groups is 1. The number of aromatic nitrogens is 2. The molecule has 0 radical (unpaired) electrons. The molecule has 1 saturated carbocycles. The number of hydrogen-bond acceptors (Lipinski definition) is 7. The first-order chi connectivity index (χ1) is 19.4. The molecule has 0 unspecified atom stereocenters.